The molecule has 0 aliphatic carbocycles. The Morgan fingerprint density at radius 1 is 1.17 bits per heavy atom. The molecule has 1 aromatic heterocycles. The molecular formula is C24H30N4O2. The minimum Gasteiger partial charge on any atom is -0.368 e. The highest BCUT2D eigenvalue weighted by atomic mass is 16.5. The maximum Gasteiger partial charge on any atom is 0.222 e. The van der Waals surface area contributed by atoms with Gasteiger partial charge >= 0.3 is 0 Å². The molecule has 4 heterocycles. The van der Waals surface area contributed by atoms with Gasteiger partial charge in [0, 0.05) is 31.3 Å². The second-order valence-electron chi connectivity index (χ2n) is 8.80. The highest BCUT2D eigenvalue weighted by Crippen LogP contribution is 2.41. The fourth-order valence-electron chi connectivity index (χ4n) is 5.10. The number of benzene rings is 1. The van der Waals surface area contributed by atoms with Crippen LogP contribution in [0.2, 0.25) is 0 Å². The lowest BCUT2D eigenvalue weighted by Crippen LogP contribution is -2.49. The number of piperidine rings is 2. The first-order valence-corrected chi connectivity index (χ1v) is 11.3. The van der Waals surface area contributed by atoms with E-state index in [4.69, 9.17) is 9.72 Å². The highest BCUT2D eigenvalue weighted by molar-refractivity contribution is 5.76. The van der Waals surface area contributed by atoms with Crippen molar-refractivity contribution in [1.29, 1.82) is 0 Å². The van der Waals surface area contributed by atoms with Crippen LogP contribution in [-0.4, -0.2) is 53.6 Å². The molecule has 1 spiro atoms. The monoisotopic (exact) mass is 406 g/mol. The smallest absolute Gasteiger partial charge is 0.222 e. The molecule has 6 heteroatoms. The fraction of sp³-hybridized carbons (Fsp3) is 0.542. The summed E-state index contributed by atoms with van der Waals surface area (Å²) in [5.41, 5.74) is 2.87. The molecule has 158 valence electrons. The summed E-state index contributed by atoms with van der Waals surface area (Å²) >= 11 is 0. The summed E-state index contributed by atoms with van der Waals surface area (Å²) < 4.78 is 6.37. The Bertz CT molecular complexity index is 887. The van der Waals surface area contributed by atoms with E-state index in [1.54, 1.807) is 0 Å². The molecule has 1 aromatic carbocycles. The molecule has 2 aromatic rings. The Hall–Kier alpha value is -2.31. The largest absolute Gasteiger partial charge is 0.368 e. The summed E-state index contributed by atoms with van der Waals surface area (Å²) in [5.74, 6) is 1.59. The van der Waals surface area contributed by atoms with E-state index in [9.17, 15) is 4.79 Å². The van der Waals surface area contributed by atoms with Crippen LogP contribution >= 0.6 is 0 Å². The van der Waals surface area contributed by atoms with E-state index in [2.05, 4.69) is 10.3 Å². The number of fused-ring (bicyclic) bond motifs is 2. The molecule has 2 fully saturated rings. The molecular weight excluding hydrogens is 376 g/mol. The lowest BCUT2D eigenvalue weighted by atomic mass is 9.83. The zero-order valence-corrected chi connectivity index (χ0v) is 17.5. The predicted octanol–water partition coefficient (Wildman–Crippen LogP) is 2.92. The number of aromatic nitrogens is 2. The number of likely N-dealkylation sites (tertiary alicyclic amines) is 1. The first-order chi connectivity index (χ1) is 14.7. The van der Waals surface area contributed by atoms with Crippen molar-refractivity contribution in [3.63, 3.8) is 0 Å². The molecule has 0 radical (unpaired) electrons. The summed E-state index contributed by atoms with van der Waals surface area (Å²) in [5, 5.41) is 3.38. The number of hydrogen-bond acceptors (Lipinski definition) is 5. The Kier molecular flexibility index (Phi) is 5.52. The number of nitrogens with zero attached hydrogens (tertiary/aromatic N) is 3. The maximum atomic E-state index is 12.9. The van der Waals surface area contributed by atoms with Gasteiger partial charge in [-0.05, 0) is 56.7 Å². The molecule has 1 N–H and O–H groups in total. The van der Waals surface area contributed by atoms with Gasteiger partial charge in [-0.1, -0.05) is 30.3 Å². The van der Waals surface area contributed by atoms with Gasteiger partial charge < -0.3 is 15.0 Å². The highest BCUT2D eigenvalue weighted by Gasteiger charge is 2.43. The number of ether oxygens (including phenoxy) is 1. The number of carbonyl (C=O) groups is 1. The second-order valence-corrected chi connectivity index (χ2v) is 8.80. The van der Waals surface area contributed by atoms with Crippen molar-refractivity contribution >= 4 is 5.91 Å². The number of hydrogen-bond donors (Lipinski definition) is 1. The lowest BCUT2D eigenvalue weighted by Gasteiger charge is -2.44. The van der Waals surface area contributed by atoms with Crippen molar-refractivity contribution in [3.05, 3.63) is 47.8 Å². The van der Waals surface area contributed by atoms with Crippen LogP contribution in [0.3, 0.4) is 0 Å². The van der Waals surface area contributed by atoms with Crippen molar-refractivity contribution in [2.45, 2.75) is 44.1 Å². The normalized spacial score (nSPS) is 21.4. The van der Waals surface area contributed by atoms with Crippen molar-refractivity contribution in [1.82, 2.24) is 20.2 Å². The van der Waals surface area contributed by atoms with Crippen LogP contribution in [-0.2, 0) is 21.6 Å². The number of carbonyl (C=O) groups excluding carboxylic acids is 1. The van der Waals surface area contributed by atoms with Gasteiger partial charge in [0.1, 0.15) is 5.60 Å². The Balaban J connectivity index is 1.31. The number of amides is 1. The maximum absolute atomic E-state index is 12.9. The van der Waals surface area contributed by atoms with Crippen LogP contribution in [0.5, 0.6) is 0 Å². The summed E-state index contributed by atoms with van der Waals surface area (Å²) in [6.07, 6.45) is 7.35. The van der Waals surface area contributed by atoms with Crippen molar-refractivity contribution in [2.24, 2.45) is 5.92 Å². The van der Waals surface area contributed by atoms with E-state index in [0.717, 1.165) is 75.4 Å². The second kappa shape index (κ2) is 8.44. The third-order valence-electron chi connectivity index (χ3n) is 6.92. The third kappa shape index (κ3) is 3.86. The molecule has 0 saturated carbocycles. The van der Waals surface area contributed by atoms with Crippen LogP contribution in [0.1, 0.15) is 43.4 Å². The van der Waals surface area contributed by atoms with E-state index >= 15 is 0 Å². The van der Waals surface area contributed by atoms with E-state index < -0.39 is 0 Å². The lowest BCUT2D eigenvalue weighted by molar-refractivity contribution is -0.142. The number of nitrogens with one attached hydrogen (secondary N) is 1. The van der Waals surface area contributed by atoms with Crippen molar-refractivity contribution < 1.29 is 9.53 Å². The van der Waals surface area contributed by atoms with E-state index in [-0.39, 0.29) is 5.60 Å². The molecule has 30 heavy (non-hydrogen) atoms. The molecule has 0 atom stereocenters. The molecule has 3 aliphatic heterocycles. The van der Waals surface area contributed by atoms with Gasteiger partial charge in [0.15, 0.2) is 5.82 Å². The van der Waals surface area contributed by atoms with Gasteiger partial charge in [-0.25, -0.2) is 9.97 Å². The topological polar surface area (TPSA) is 67.4 Å². The summed E-state index contributed by atoms with van der Waals surface area (Å²) in [6.45, 7) is 4.26. The molecule has 1 amide bonds. The van der Waals surface area contributed by atoms with Gasteiger partial charge in [-0.2, -0.15) is 0 Å². The van der Waals surface area contributed by atoms with Crippen LogP contribution in [0.15, 0.2) is 36.5 Å². The van der Waals surface area contributed by atoms with E-state index in [0.29, 0.717) is 24.9 Å². The van der Waals surface area contributed by atoms with Crippen LogP contribution in [0, 0.1) is 5.92 Å². The molecule has 6 nitrogen and oxygen atoms in total. The standard InChI is InChI=1S/C24H30N4O2/c29-21(16-18-6-11-25-12-7-18)28-13-9-24(10-14-28)22-20(8-15-30-24)17-26-23(27-22)19-4-2-1-3-5-19/h1-5,17-18,25H,6-16H2. The van der Waals surface area contributed by atoms with Crippen LogP contribution < -0.4 is 5.32 Å². The average Bonchev–Trinajstić information content (AvgIpc) is 2.81. The average molecular weight is 407 g/mol. The van der Waals surface area contributed by atoms with Crippen LogP contribution in [0.4, 0.5) is 0 Å². The fourth-order valence-corrected chi connectivity index (χ4v) is 5.10. The summed E-state index contributed by atoms with van der Waals surface area (Å²) in [4.78, 5) is 24.5. The quantitative estimate of drug-likeness (QED) is 0.849. The van der Waals surface area contributed by atoms with Crippen LogP contribution in [0.25, 0.3) is 11.4 Å². The minimum atomic E-state index is -0.383. The zero-order valence-electron chi connectivity index (χ0n) is 17.5. The Morgan fingerprint density at radius 3 is 2.70 bits per heavy atom. The molecule has 0 bridgehead atoms. The predicted molar refractivity (Wildman–Crippen MR) is 115 cm³/mol. The van der Waals surface area contributed by atoms with Crippen molar-refractivity contribution in [3.8, 4) is 11.4 Å². The third-order valence-corrected chi connectivity index (χ3v) is 6.92. The molecule has 5 rings (SSSR count). The van der Waals surface area contributed by atoms with Gasteiger partial charge in [0.25, 0.3) is 0 Å². The molecule has 0 unspecified atom stereocenters. The Morgan fingerprint density at radius 2 is 1.93 bits per heavy atom. The zero-order chi connectivity index (χ0) is 20.4. The van der Waals surface area contributed by atoms with Gasteiger partial charge in [-0.15, -0.1) is 0 Å². The first-order valence-electron chi connectivity index (χ1n) is 11.3. The van der Waals surface area contributed by atoms with Gasteiger partial charge in [0.2, 0.25) is 5.91 Å². The summed E-state index contributed by atoms with van der Waals surface area (Å²) in [7, 11) is 0. The first kappa shape index (κ1) is 19.6. The van der Waals surface area contributed by atoms with Gasteiger partial charge in [-0.3, -0.25) is 4.79 Å². The SMILES string of the molecule is O=C(CC1CCNCC1)N1CCC2(CC1)OCCc1cnc(-c3ccccc3)nc12. The summed E-state index contributed by atoms with van der Waals surface area (Å²) in [6, 6.07) is 10.1. The molecule has 2 saturated heterocycles. The molecule has 3 aliphatic rings. The minimum absolute atomic E-state index is 0.306. The number of rotatable bonds is 3. The van der Waals surface area contributed by atoms with Crippen molar-refractivity contribution in [2.75, 3.05) is 32.8 Å². The van der Waals surface area contributed by atoms with E-state index in [1.807, 2.05) is 41.4 Å². The van der Waals surface area contributed by atoms with Gasteiger partial charge in [0.05, 0.1) is 12.3 Å². The van der Waals surface area contributed by atoms with E-state index in [1.165, 1.54) is 5.56 Å². The Labute approximate surface area is 178 Å².